The summed E-state index contributed by atoms with van der Waals surface area (Å²) in [5.41, 5.74) is 2.44. The normalized spacial score (nSPS) is 32.9. The van der Waals surface area contributed by atoms with E-state index in [2.05, 4.69) is 18.9 Å². The van der Waals surface area contributed by atoms with Crippen LogP contribution in [0, 0.1) is 0 Å². The van der Waals surface area contributed by atoms with Gasteiger partial charge in [0.25, 0.3) is 0 Å². The molecule has 3 rings (SSSR count). The molecule has 0 saturated carbocycles. The van der Waals surface area contributed by atoms with E-state index in [1.165, 1.54) is 11.3 Å². The first-order valence-corrected chi connectivity index (χ1v) is 5.31. The fraction of sp³-hybridized carbons (Fsp3) is 0.500. The molecular formula is C12H15NO2. The quantitative estimate of drug-likeness (QED) is 0.701. The maximum absolute atomic E-state index is 9.56. The molecule has 1 saturated heterocycles. The van der Waals surface area contributed by atoms with Crippen LogP contribution in [0.25, 0.3) is 0 Å². The molecule has 0 aromatic heterocycles. The van der Waals surface area contributed by atoms with Crippen molar-refractivity contribution in [2.45, 2.75) is 25.0 Å². The van der Waals surface area contributed by atoms with E-state index in [0.717, 1.165) is 13.0 Å². The van der Waals surface area contributed by atoms with Gasteiger partial charge in [0.15, 0.2) is 0 Å². The Hall–Kier alpha value is -1.22. The summed E-state index contributed by atoms with van der Waals surface area (Å²) in [4.78, 5) is 2.17. The van der Waals surface area contributed by atoms with Crippen LogP contribution in [0.15, 0.2) is 18.2 Å². The fourth-order valence-corrected chi connectivity index (χ4v) is 2.91. The number of hydrogen-bond acceptors (Lipinski definition) is 3. The number of phenolic OH excluding ortho intramolecular Hbond substituents is 1. The third-order valence-electron chi connectivity index (χ3n) is 3.77. The van der Waals surface area contributed by atoms with E-state index in [1.54, 1.807) is 6.07 Å². The zero-order chi connectivity index (χ0) is 10.6. The lowest BCUT2D eigenvalue weighted by molar-refractivity contribution is 0.0920. The summed E-state index contributed by atoms with van der Waals surface area (Å²) >= 11 is 0. The number of phenols is 1. The largest absolute Gasteiger partial charge is 0.508 e. The molecule has 0 radical (unpaired) electrons. The van der Waals surface area contributed by atoms with Crippen molar-refractivity contribution in [3.05, 3.63) is 23.8 Å². The molecule has 3 nitrogen and oxygen atoms in total. The number of hydrogen-bond donors (Lipinski definition) is 1. The Labute approximate surface area is 89.3 Å². The van der Waals surface area contributed by atoms with Gasteiger partial charge in [-0.3, -0.25) is 0 Å². The van der Waals surface area contributed by atoms with E-state index in [-0.39, 0.29) is 11.6 Å². The van der Waals surface area contributed by atoms with Gasteiger partial charge >= 0.3 is 0 Å². The predicted octanol–water partition coefficient (Wildman–Crippen LogP) is 1.85. The van der Waals surface area contributed by atoms with Crippen molar-refractivity contribution >= 4 is 5.69 Å². The molecule has 0 aliphatic carbocycles. The summed E-state index contributed by atoms with van der Waals surface area (Å²) in [6.45, 7) is 3.02. The summed E-state index contributed by atoms with van der Waals surface area (Å²) in [5.74, 6) is 0.343. The van der Waals surface area contributed by atoms with Crippen LogP contribution in [0.5, 0.6) is 5.75 Å². The van der Waals surface area contributed by atoms with Crippen LogP contribution in [0.1, 0.15) is 18.9 Å². The maximum atomic E-state index is 9.56. The van der Waals surface area contributed by atoms with Crippen molar-refractivity contribution in [3.8, 4) is 5.75 Å². The van der Waals surface area contributed by atoms with Crippen LogP contribution < -0.4 is 4.90 Å². The van der Waals surface area contributed by atoms with Gasteiger partial charge in [0.05, 0.1) is 6.61 Å². The Morgan fingerprint density at radius 3 is 3.13 bits per heavy atom. The van der Waals surface area contributed by atoms with E-state index in [1.807, 2.05) is 12.1 Å². The molecule has 0 amide bonds. The van der Waals surface area contributed by atoms with Gasteiger partial charge in [-0.05, 0) is 30.2 Å². The van der Waals surface area contributed by atoms with Gasteiger partial charge in [0, 0.05) is 18.2 Å². The number of ether oxygens (including phenoxy) is 1. The molecule has 1 aromatic rings. The topological polar surface area (TPSA) is 32.7 Å². The number of anilines is 1. The first-order chi connectivity index (χ1) is 7.13. The average molecular weight is 205 g/mol. The Balaban J connectivity index is 2.21. The van der Waals surface area contributed by atoms with Crippen LogP contribution in [0.4, 0.5) is 5.69 Å². The molecule has 2 atom stereocenters. The smallest absolute Gasteiger partial charge is 0.139 e. The van der Waals surface area contributed by atoms with E-state index < -0.39 is 0 Å². The Kier molecular flexibility index (Phi) is 1.61. The summed E-state index contributed by atoms with van der Waals surface area (Å²) in [6.07, 6.45) is 1.16. The van der Waals surface area contributed by atoms with Gasteiger partial charge in [0.1, 0.15) is 12.0 Å². The van der Waals surface area contributed by atoms with Crippen molar-refractivity contribution in [3.63, 3.8) is 0 Å². The first-order valence-electron chi connectivity index (χ1n) is 5.31. The highest BCUT2D eigenvalue weighted by Gasteiger charge is 2.50. The fourth-order valence-electron chi connectivity index (χ4n) is 2.91. The maximum Gasteiger partial charge on any atom is 0.139 e. The van der Waals surface area contributed by atoms with Crippen LogP contribution in [-0.2, 0) is 10.2 Å². The molecule has 3 heteroatoms. The molecule has 2 aliphatic rings. The van der Waals surface area contributed by atoms with Crippen LogP contribution in [0.2, 0.25) is 0 Å². The van der Waals surface area contributed by atoms with Crippen molar-refractivity contribution in [1.29, 1.82) is 0 Å². The van der Waals surface area contributed by atoms with Gasteiger partial charge in [-0.1, -0.05) is 6.92 Å². The molecule has 0 bridgehead atoms. The Bertz CT molecular complexity index is 418. The molecule has 2 aliphatic heterocycles. The predicted molar refractivity (Wildman–Crippen MR) is 58.2 cm³/mol. The summed E-state index contributed by atoms with van der Waals surface area (Å²) in [5, 5.41) is 9.56. The van der Waals surface area contributed by atoms with Crippen molar-refractivity contribution < 1.29 is 9.84 Å². The molecule has 0 unspecified atom stereocenters. The van der Waals surface area contributed by atoms with E-state index in [4.69, 9.17) is 4.74 Å². The highest BCUT2D eigenvalue weighted by molar-refractivity contribution is 5.65. The number of likely N-dealkylation sites (N-methyl/N-ethyl adjacent to an activating group) is 1. The van der Waals surface area contributed by atoms with Gasteiger partial charge in [-0.15, -0.1) is 0 Å². The SMILES string of the molecule is CN1c2ccc(O)cc2[C@]2(C)CCO[C@H]12. The van der Waals surface area contributed by atoms with Gasteiger partial charge < -0.3 is 14.7 Å². The molecular weight excluding hydrogens is 190 g/mol. The summed E-state index contributed by atoms with van der Waals surface area (Å²) in [7, 11) is 2.05. The Morgan fingerprint density at radius 1 is 1.53 bits per heavy atom. The molecule has 80 valence electrons. The average Bonchev–Trinajstić information content (AvgIpc) is 2.67. The van der Waals surface area contributed by atoms with Crippen molar-refractivity contribution in [2.75, 3.05) is 18.6 Å². The lowest BCUT2D eigenvalue weighted by Gasteiger charge is -2.26. The van der Waals surface area contributed by atoms with Crippen LogP contribution in [-0.4, -0.2) is 25.0 Å². The lowest BCUT2D eigenvalue weighted by Crippen LogP contribution is -2.37. The van der Waals surface area contributed by atoms with Gasteiger partial charge in [0.2, 0.25) is 0 Å². The molecule has 2 heterocycles. The minimum absolute atomic E-state index is 0.0445. The van der Waals surface area contributed by atoms with E-state index >= 15 is 0 Å². The zero-order valence-corrected chi connectivity index (χ0v) is 9.03. The third kappa shape index (κ3) is 0.988. The third-order valence-corrected chi connectivity index (χ3v) is 3.77. The van der Waals surface area contributed by atoms with E-state index in [0.29, 0.717) is 5.75 Å². The number of aromatic hydroxyl groups is 1. The molecule has 1 fully saturated rings. The highest BCUT2D eigenvalue weighted by Crippen LogP contribution is 2.50. The minimum atomic E-state index is 0.0445. The van der Waals surface area contributed by atoms with Crippen LogP contribution in [0.3, 0.4) is 0 Å². The molecule has 0 spiro atoms. The van der Waals surface area contributed by atoms with E-state index in [9.17, 15) is 5.11 Å². The molecule has 1 N–H and O–H groups in total. The second-order valence-corrected chi connectivity index (χ2v) is 4.70. The first kappa shape index (κ1) is 9.04. The molecule has 15 heavy (non-hydrogen) atoms. The second-order valence-electron chi connectivity index (χ2n) is 4.70. The van der Waals surface area contributed by atoms with Crippen molar-refractivity contribution in [2.24, 2.45) is 0 Å². The standard InChI is InChI=1S/C12H15NO2/c1-12-5-6-15-11(12)13(2)10-4-3-8(14)7-9(10)12/h3-4,7,11,14H,5-6H2,1-2H3/t11-,12-/m0/s1. The second kappa shape index (κ2) is 2.67. The molecule has 1 aromatic carbocycles. The lowest BCUT2D eigenvalue weighted by atomic mass is 9.82. The number of fused-ring (bicyclic) bond motifs is 3. The minimum Gasteiger partial charge on any atom is -0.508 e. The Morgan fingerprint density at radius 2 is 2.33 bits per heavy atom. The van der Waals surface area contributed by atoms with Gasteiger partial charge in [-0.25, -0.2) is 0 Å². The number of rotatable bonds is 0. The number of nitrogens with zero attached hydrogens (tertiary/aromatic N) is 1. The van der Waals surface area contributed by atoms with Crippen LogP contribution >= 0.6 is 0 Å². The van der Waals surface area contributed by atoms with Crippen molar-refractivity contribution in [1.82, 2.24) is 0 Å². The summed E-state index contributed by atoms with van der Waals surface area (Å²) < 4.78 is 5.76. The highest BCUT2D eigenvalue weighted by atomic mass is 16.5. The monoisotopic (exact) mass is 205 g/mol. The van der Waals surface area contributed by atoms with Gasteiger partial charge in [-0.2, -0.15) is 0 Å². The summed E-state index contributed by atoms with van der Waals surface area (Å²) in [6, 6.07) is 5.58. The number of benzene rings is 1. The zero-order valence-electron chi connectivity index (χ0n) is 9.03.